The second-order valence-corrected chi connectivity index (χ2v) is 7.34. The fraction of sp³-hybridized carbons (Fsp3) is 0.947. The van der Waals surface area contributed by atoms with Crippen LogP contribution in [0.25, 0.3) is 0 Å². The number of nitrogens with two attached hydrogens (primary N) is 2. The number of amides is 1. The van der Waals surface area contributed by atoms with Crippen molar-refractivity contribution in [2.75, 3.05) is 39.3 Å². The van der Waals surface area contributed by atoms with Crippen LogP contribution in [0.5, 0.6) is 0 Å². The van der Waals surface area contributed by atoms with Crippen molar-refractivity contribution in [3.8, 4) is 0 Å². The van der Waals surface area contributed by atoms with Gasteiger partial charge in [0.1, 0.15) is 0 Å². The van der Waals surface area contributed by atoms with Crippen molar-refractivity contribution in [2.24, 2.45) is 17.4 Å². The summed E-state index contributed by atoms with van der Waals surface area (Å²) in [6.07, 6.45) is 11.6. The van der Waals surface area contributed by atoms with Gasteiger partial charge in [-0.1, -0.05) is 32.1 Å². The molecule has 0 bridgehead atoms. The smallest absolute Gasteiger partial charge is 0.236 e. The third-order valence-corrected chi connectivity index (χ3v) is 4.99. The van der Waals surface area contributed by atoms with E-state index in [0.29, 0.717) is 12.5 Å². The first-order chi connectivity index (χ1) is 12.2. The van der Waals surface area contributed by atoms with Crippen molar-refractivity contribution >= 4 is 5.91 Å². The molecule has 0 unspecified atom stereocenters. The van der Waals surface area contributed by atoms with Crippen molar-refractivity contribution < 1.29 is 4.79 Å². The average molecular weight is 356 g/mol. The minimum atomic E-state index is -0.331. The summed E-state index contributed by atoms with van der Waals surface area (Å²) in [6.45, 7) is 5.54. The van der Waals surface area contributed by atoms with Crippen LogP contribution >= 0.6 is 0 Å². The number of rotatable bonds is 15. The summed E-state index contributed by atoms with van der Waals surface area (Å²) in [7, 11) is 0. The molecule has 0 aromatic heterocycles. The highest BCUT2D eigenvalue weighted by molar-refractivity contribution is 5.81. The van der Waals surface area contributed by atoms with E-state index in [1.165, 1.54) is 44.9 Å². The van der Waals surface area contributed by atoms with Crippen LogP contribution in [0.15, 0.2) is 0 Å². The van der Waals surface area contributed by atoms with Gasteiger partial charge in [0.2, 0.25) is 5.91 Å². The first-order valence-electron chi connectivity index (χ1n) is 10.4. The predicted octanol–water partition coefficient (Wildman–Crippen LogP) is 1.10. The molecule has 1 amide bonds. The van der Waals surface area contributed by atoms with Gasteiger partial charge in [0, 0.05) is 6.54 Å². The molecule has 148 valence electrons. The van der Waals surface area contributed by atoms with E-state index in [2.05, 4.69) is 16.0 Å². The second-order valence-electron chi connectivity index (χ2n) is 7.34. The van der Waals surface area contributed by atoms with Gasteiger partial charge in [-0.3, -0.25) is 4.79 Å². The molecular weight excluding hydrogens is 314 g/mol. The Bertz CT molecular complexity index is 321. The van der Waals surface area contributed by atoms with Crippen molar-refractivity contribution in [2.45, 2.75) is 70.3 Å². The molecule has 7 N–H and O–H groups in total. The Morgan fingerprint density at radius 2 is 1.48 bits per heavy atom. The molecule has 1 fully saturated rings. The SMILES string of the molecule is NCCCNCCCCNCCCNC(=O)[C@@H](N)CC1CCCCC1. The standard InChI is InChI=1S/C19H41N5O/c20-10-6-13-22-11-4-5-12-23-14-7-15-24-19(25)18(21)16-17-8-2-1-3-9-17/h17-18,22-23H,1-16,20-21H2,(H,24,25)/t18-/m0/s1. The topological polar surface area (TPSA) is 105 Å². The summed E-state index contributed by atoms with van der Waals surface area (Å²) in [4.78, 5) is 12.0. The predicted molar refractivity (Wildman–Crippen MR) is 105 cm³/mol. The molecule has 0 aromatic rings. The third-order valence-electron chi connectivity index (χ3n) is 4.99. The minimum absolute atomic E-state index is 0.0223. The zero-order chi connectivity index (χ0) is 18.2. The lowest BCUT2D eigenvalue weighted by molar-refractivity contribution is -0.122. The number of carbonyl (C=O) groups is 1. The van der Waals surface area contributed by atoms with Crippen LogP contribution in [0.4, 0.5) is 0 Å². The van der Waals surface area contributed by atoms with Crippen LogP contribution in [0.3, 0.4) is 0 Å². The molecule has 0 radical (unpaired) electrons. The maximum absolute atomic E-state index is 12.0. The van der Waals surface area contributed by atoms with E-state index in [4.69, 9.17) is 11.5 Å². The Kier molecular flexibility index (Phi) is 13.9. The lowest BCUT2D eigenvalue weighted by Gasteiger charge is -2.24. The van der Waals surface area contributed by atoms with Gasteiger partial charge >= 0.3 is 0 Å². The number of hydrogen-bond donors (Lipinski definition) is 5. The highest BCUT2D eigenvalue weighted by atomic mass is 16.2. The Morgan fingerprint density at radius 1 is 0.880 bits per heavy atom. The van der Waals surface area contributed by atoms with E-state index >= 15 is 0 Å². The summed E-state index contributed by atoms with van der Waals surface area (Å²) < 4.78 is 0. The largest absolute Gasteiger partial charge is 0.355 e. The quantitative estimate of drug-likeness (QED) is 0.283. The Hall–Kier alpha value is -0.690. The fourth-order valence-corrected chi connectivity index (χ4v) is 3.42. The minimum Gasteiger partial charge on any atom is -0.355 e. The molecule has 6 heteroatoms. The van der Waals surface area contributed by atoms with E-state index in [-0.39, 0.29) is 11.9 Å². The third kappa shape index (κ3) is 12.3. The first-order valence-corrected chi connectivity index (χ1v) is 10.4. The van der Waals surface area contributed by atoms with Gasteiger partial charge in [-0.25, -0.2) is 0 Å². The lowest BCUT2D eigenvalue weighted by atomic mass is 9.85. The monoisotopic (exact) mass is 355 g/mol. The summed E-state index contributed by atoms with van der Waals surface area (Å²) in [5.41, 5.74) is 11.5. The van der Waals surface area contributed by atoms with E-state index in [1.54, 1.807) is 0 Å². The highest BCUT2D eigenvalue weighted by Crippen LogP contribution is 2.26. The summed E-state index contributed by atoms with van der Waals surface area (Å²) >= 11 is 0. The molecule has 0 spiro atoms. The summed E-state index contributed by atoms with van der Waals surface area (Å²) in [6, 6.07) is -0.331. The molecule has 6 nitrogen and oxygen atoms in total. The van der Waals surface area contributed by atoms with Gasteiger partial charge in [-0.15, -0.1) is 0 Å². The zero-order valence-electron chi connectivity index (χ0n) is 16.0. The highest BCUT2D eigenvalue weighted by Gasteiger charge is 2.20. The molecular formula is C19H41N5O. The average Bonchev–Trinajstić information content (AvgIpc) is 2.63. The Balaban J connectivity index is 1.86. The number of hydrogen-bond acceptors (Lipinski definition) is 5. The Morgan fingerprint density at radius 3 is 2.12 bits per heavy atom. The number of nitrogens with one attached hydrogen (secondary N) is 3. The number of unbranched alkanes of at least 4 members (excludes halogenated alkanes) is 1. The summed E-state index contributed by atoms with van der Waals surface area (Å²) in [5, 5.41) is 9.79. The molecule has 0 aromatic carbocycles. The Labute approximate surface area is 154 Å². The van der Waals surface area contributed by atoms with Gasteiger partial charge in [-0.2, -0.15) is 0 Å². The molecule has 1 saturated carbocycles. The van der Waals surface area contributed by atoms with Gasteiger partial charge < -0.3 is 27.4 Å². The van der Waals surface area contributed by atoms with E-state index in [1.807, 2.05) is 0 Å². The van der Waals surface area contributed by atoms with Gasteiger partial charge in [0.15, 0.2) is 0 Å². The van der Waals surface area contributed by atoms with Gasteiger partial charge in [0.25, 0.3) is 0 Å². The van der Waals surface area contributed by atoms with Crippen molar-refractivity contribution in [3.63, 3.8) is 0 Å². The van der Waals surface area contributed by atoms with E-state index in [9.17, 15) is 4.79 Å². The van der Waals surface area contributed by atoms with Crippen molar-refractivity contribution in [3.05, 3.63) is 0 Å². The van der Waals surface area contributed by atoms with Crippen LogP contribution in [0.1, 0.15) is 64.2 Å². The molecule has 1 aliphatic carbocycles. The fourth-order valence-electron chi connectivity index (χ4n) is 3.42. The maximum atomic E-state index is 12.0. The molecule has 0 heterocycles. The van der Waals surface area contributed by atoms with E-state index in [0.717, 1.165) is 52.0 Å². The molecule has 0 aliphatic heterocycles. The molecule has 1 atom stereocenters. The summed E-state index contributed by atoms with van der Waals surface area (Å²) in [5.74, 6) is 0.676. The normalized spacial score (nSPS) is 16.7. The van der Waals surface area contributed by atoms with E-state index < -0.39 is 0 Å². The van der Waals surface area contributed by atoms with Crippen LogP contribution < -0.4 is 27.4 Å². The molecule has 1 rings (SSSR count). The van der Waals surface area contributed by atoms with Gasteiger partial charge in [0.05, 0.1) is 6.04 Å². The molecule has 0 saturated heterocycles. The molecule has 25 heavy (non-hydrogen) atoms. The first kappa shape index (κ1) is 22.4. The van der Waals surface area contributed by atoms with Crippen LogP contribution in [0.2, 0.25) is 0 Å². The zero-order valence-corrected chi connectivity index (χ0v) is 16.0. The number of carbonyl (C=O) groups excluding carboxylic acids is 1. The lowest BCUT2D eigenvalue weighted by Crippen LogP contribution is -2.42. The van der Waals surface area contributed by atoms with Crippen LogP contribution in [0, 0.1) is 5.92 Å². The maximum Gasteiger partial charge on any atom is 0.236 e. The molecule has 1 aliphatic rings. The van der Waals surface area contributed by atoms with Gasteiger partial charge in [-0.05, 0) is 70.7 Å². The van der Waals surface area contributed by atoms with Crippen molar-refractivity contribution in [1.82, 2.24) is 16.0 Å². The second kappa shape index (κ2) is 15.6. The van der Waals surface area contributed by atoms with Crippen LogP contribution in [-0.4, -0.2) is 51.2 Å². The van der Waals surface area contributed by atoms with Crippen molar-refractivity contribution in [1.29, 1.82) is 0 Å². The van der Waals surface area contributed by atoms with Crippen LogP contribution in [-0.2, 0) is 4.79 Å².